The standard InChI is InChI=1S/C25H27N3O5S/c1-17(30)25-27-12-13-28(25)21(14-29)9-4-18-2-5-19(6-3-18)20-7-10-22(11-8-20)34(26,32)24-16-33-15-23(24)31/h2-3,5-8,10-13,17,21,23-24,26,29-31H,14-16H2,1H3. The molecule has 8 nitrogen and oxygen atoms in total. The summed E-state index contributed by atoms with van der Waals surface area (Å²) in [4.78, 5) is 4.49. The van der Waals surface area contributed by atoms with Crippen LogP contribution < -0.4 is 0 Å². The number of imidazole rings is 1. The zero-order chi connectivity index (χ0) is 24.3. The summed E-state index contributed by atoms with van der Waals surface area (Å²) in [6.45, 7) is 1.63. The molecule has 178 valence electrons. The van der Waals surface area contributed by atoms with E-state index in [-0.39, 0.29) is 19.8 Å². The van der Waals surface area contributed by atoms with Crippen LogP contribution in [0, 0.1) is 16.6 Å². The van der Waals surface area contributed by atoms with Crippen molar-refractivity contribution in [3.63, 3.8) is 0 Å². The molecule has 1 aliphatic heterocycles. The highest BCUT2D eigenvalue weighted by Crippen LogP contribution is 2.27. The molecule has 4 rings (SSSR count). The number of nitrogens with one attached hydrogen (secondary N) is 1. The van der Waals surface area contributed by atoms with Crippen molar-refractivity contribution in [2.45, 2.75) is 35.3 Å². The smallest absolute Gasteiger partial charge is 0.138 e. The molecule has 1 saturated heterocycles. The first-order valence-corrected chi connectivity index (χ1v) is 12.5. The van der Waals surface area contributed by atoms with E-state index in [2.05, 4.69) is 16.8 Å². The predicted molar refractivity (Wildman–Crippen MR) is 127 cm³/mol. The van der Waals surface area contributed by atoms with Crippen molar-refractivity contribution < 1.29 is 24.3 Å². The number of aliphatic hydroxyl groups excluding tert-OH is 3. The molecule has 5 unspecified atom stereocenters. The van der Waals surface area contributed by atoms with Gasteiger partial charge in [-0.05, 0) is 42.3 Å². The van der Waals surface area contributed by atoms with E-state index in [1.807, 2.05) is 36.4 Å². The summed E-state index contributed by atoms with van der Waals surface area (Å²) in [6, 6.07) is 14.0. The molecule has 0 radical (unpaired) electrons. The van der Waals surface area contributed by atoms with E-state index in [1.165, 1.54) is 0 Å². The van der Waals surface area contributed by atoms with Crippen LogP contribution in [0.2, 0.25) is 0 Å². The average molecular weight is 482 g/mol. The van der Waals surface area contributed by atoms with Crippen molar-refractivity contribution in [3.8, 4) is 23.0 Å². The maximum atomic E-state index is 13.0. The Morgan fingerprint density at radius 2 is 1.82 bits per heavy atom. The molecule has 4 N–H and O–H groups in total. The maximum Gasteiger partial charge on any atom is 0.138 e. The number of nitrogens with zero attached hydrogens (tertiary/aromatic N) is 2. The van der Waals surface area contributed by atoms with E-state index >= 15 is 0 Å². The van der Waals surface area contributed by atoms with Gasteiger partial charge in [-0.3, -0.25) is 0 Å². The average Bonchev–Trinajstić information content (AvgIpc) is 3.50. The van der Waals surface area contributed by atoms with Crippen molar-refractivity contribution >= 4 is 9.73 Å². The Hall–Kier alpha value is -3.00. The van der Waals surface area contributed by atoms with Gasteiger partial charge in [-0.1, -0.05) is 36.1 Å². The van der Waals surface area contributed by atoms with Crippen LogP contribution in [-0.4, -0.2) is 60.3 Å². The van der Waals surface area contributed by atoms with Crippen LogP contribution in [0.15, 0.2) is 65.8 Å². The van der Waals surface area contributed by atoms with E-state index in [9.17, 15) is 19.5 Å². The fraction of sp³-hybridized carbons (Fsp3) is 0.320. The minimum atomic E-state index is -3.17. The van der Waals surface area contributed by atoms with Crippen LogP contribution in [0.3, 0.4) is 0 Å². The van der Waals surface area contributed by atoms with Gasteiger partial charge in [0.1, 0.15) is 18.0 Å². The molecule has 0 bridgehead atoms. The third-order valence-corrected chi connectivity index (χ3v) is 8.09. The third-order valence-electron chi connectivity index (χ3n) is 5.81. The fourth-order valence-electron chi connectivity index (χ4n) is 3.89. The van der Waals surface area contributed by atoms with Crippen LogP contribution in [0.25, 0.3) is 11.1 Å². The van der Waals surface area contributed by atoms with E-state index in [0.717, 1.165) is 16.7 Å². The van der Waals surface area contributed by atoms with Crippen molar-refractivity contribution in [2.75, 3.05) is 19.8 Å². The summed E-state index contributed by atoms with van der Waals surface area (Å²) >= 11 is 0. The predicted octanol–water partition coefficient (Wildman–Crippen LogP) is 2.35. The molecule has 3 aromatic rings. The number of hydrogen-bond donors (Lipinski definition) is 4. The molecule has 34 heavy (non-hydrogen) atoms. The highest BCUT2D eigenvalue weighted by Gasteiger charge is 2.35. The Labute approximate surface area is 198 Å². The first-order chi connectivity index (χ1) is 16.3. The van der Waals surface area contributed by atoms with Crippen LogP contribution in [0.1, 0.15) is 30.5 Å². The highest BCUT2D eigenvalue weighted by molar-refractivity contribution is 7.93. The van der Waals surface area contributed by atoms with Gasteiger partial charge in [0.25, 0.3) is 0 Å². The summed E-state index contributed by atoms with van der Waals surface area (Å²) in [5.74, 6) is 6.52. The number of benzene rings is 2. The van der Waals surface area contributed by atoms with E-state index in [4.69, 9.17) is 9.52 Å². The van der Waals surface area contributed by atoms with Gasteiger partial charge >= 0.3 is 0 Å². The third kappa shape index (κ3) is 4.92. The lowest BCUT2D eigenvalue weighted by Crippen LogP contribution is -2.31. The summed E-state index contributed by atoms with van der Waals surface area (Å²) in [7, 11) is -3.17. The molecule has 0 saturated carbocycles. The largest absolute Gasteiger partial charge is 0.393 e. The second kappa shape index (κ2) is 10.1. The molecule has 0 spiro atoms. The number of hydrogen-bond acceptors (Lipinski definition) is 7. The Morgan fingerprint density at radius 3 is 2.38 bits per heavy atom. The van der Waals surface area contributed by atoms with Crippen LogP contribution in [-0.2, 0) is 14.5 Å². The lowest BCUT2D eigenvalue weighted by atomic mass is 10.0. The Balaban J connectivity index is 1.50. The van der Waals surface area contributed by atoms with Gasteiger partial charge in [0.2, 0.25) is 0 Å². The first-order valence-electron chi connectivity index (χ1n) is 10.9. The molecule has 1 aromatic heterocycles. The van der Waals surface area contributed by atoms with Gasteiger partial charge in [0, 0.05) is 22.9 Å². The van der Waals surface area contributed by atoms with Gasteiger partial charge in [-0.15, -0.1) is 0 Å². The summed E-state index contributed by atoms with van der Waals surface area (Å²) < 4.78 is 28.1. The SMILES string of the molecule is CC(O)c1nccn1C(C#Cc1ccc(-c2ccc(S(=N)(=O)C3COCC3O)cc2)cc1)CO. The van der Waals surface area contributed by atoms with Gasteiger partial charge < -0.3 is 24.6 Å². The van der Waals surface area contributed by atoms with Crippen LogP contribution >= 0.6 is 0 Å². The molecular weight excluding hydrogens is 454 g/mol. The summed E-state index contributed by atoms with van der Waals surface area (Å²) in [5, 5.41) is 28.8. The lowest BCUT2D eigenvalue weighted by molar-refractivity contribution is 0.127. The zero-order valence-electron chi connectivity index (χ0n) is 18.7. The molecule has 1 fully saturated rings. The van der Waals surface area contributed by atoms with Gasteiger partial charge in [-0.2, -0.15) is 0 Å². The minimum absolute atomic E-state index is 0.108. The molecule has 0 amide bonds. The van der Waals surface area contributed by atoms with Crippen molar-refractivity contribution in [2.24, 2.45) is 0 Å². The van der Waals surface area contributed by atoms with Gasteiger partial charge in [0.15, 0.2) is 0 Å². The van der Waals surface area contributed by atoms with Gasteiger partial charge in [-0.25, -0.2) is 14.0 Å². The van der Waals surface area contributed by atoms with Crippen LogP contribution in [0.5, 0.6) is 0 Å². The van der Waals surface area contributed by atoms with E-state index in [0.29, 0.717) is 10.7 Å². The molecule has 2 aromatic carbocycles. The molecule has 9 heteroatoms. The number of rotatable bonds is 6. The minimum Gasteiger partial charge on any atom is -0.393 e. The highest BCUT2D eigenvalue weighted by atomic mass is 32.2. The molecule has 5 atom stereocenters. The molecular formula is C25H27N3O5S. The Kier molecular flexibility index (Phi) is 7.16. The number of aromatic nitrogens is 2. The topological polar surface area (TPSA) is 129 Å². The van der Waals surface area contributed by atoms with Gasteiger partial charge in [0.05, 0.1) is 40.9 Å². The summed E-state index contributed by atoms with van der Waals surface area (Å²) in [5.41, 5.74) is 2.60. The molecule has 2 heterocycles. The lowest BCUT2D eigenvalue weighted by Gasteiger charge is -2.17. The van der Waals surface area contributed by atoms with Crippen molar-refractivity contribution in [1.82, 2.24) is 9.55 Å². The Morgan fingerprint density at radius 1 is 1.18 bits per heavy atom. The maximum absolute atomic E-state index is 13.0. The Bertz CT molecular complexity index is 1290. The van der Waals surface area contributed by atoms with E-state index in [1.54, 1.807) is 36.0 Å². The molecule has 0 aliphatic carbocycles. The second-order valence-electron chi connectivity index (χ2n) is 8.18. The zero-order valence-corrected chi connectivity index (χ0v) is 19.5. The summed E-state index contributed by atoms with van der Waals surface area (Å²) in [6.07, 6.45) is 1.59. The number of aliphatic hydroxyl groups is 3. The number of ether oxygens (including phenoxy) is 1. The second-order valence-corrected chi connectivity index (χ2v) is 10.5. The fourth-order valence-corrected chi connectivity index (χ4v) is 5.59. The van der Waals surface area contributed by atoms with E-state index < -0.39 is 33.2 Å². The molecule has 1 aliphatic rings. The van der Waals surface area contributed by atoms with Crippen molar-refractivity contribution in [1.29, 1.82) is 4.78 Å². The normalized spacial score (nSPS) is 21.3. The van der Waals surface area contributed by atoms with Crippen molar-refractivity contribution in [3.05, 3.63) is 72.3 Å². The monoisotopic (exact) mass is 481 g/mol. The quantitative estimate of drug-likeness (QED) is 0.400. The van der Waals surface area contributed by atoms with Crippen LogP contribution in [0.4, 0.5) is 0 Å². The first kappa shape index (κ1) is 24.1.